The van der Waals surface area contributed by atoms with Crippen LogP contribution in [0, 0.1) is 19.7 Å². The molecule has 3 nitrogen and oxygen atoms in total. The van der Waals surface area contributed by atoms with Crippen LogP contribution in [-0.4, -0.2) is 12.5 Å². The molecule has 2 aromatic carbocycles. The Balaban J connectivity index is 1.98. The van der Waals surface area contributed by atoms with E-state index in [1.807, 2.05) is 31.2 Å². The van der Waals surface area contributed by atoms with E-state index >= 15 is 0 Å². The number of benzene rings is 2. The van der Waals surface area contributed by atoms with E-state index in [2.05, 4.69) is 5.32 Å². The van der Waals surface area contributed by atoms with Gasteiger partial charge < -0.3 is 11.1 Å². The molecule has 1 amide bonds. The molecule has 0 saturated heterocycles. The van der Waals surface area contributed by atoms with Gasteiger partial charge in [0.25, 0.3) is 5.91 Å². The molecule has 2 aromatic rings. The van der Waals surface area contributed by atoms with Gasteiger partial charge in [-0.15, -0.1) is 0 Å². The summed E-state index contributed by atoms with van der Waals surface area (Å²) in [4.78, 5) is 12.0. The van der Waals surface area contributed by atoms with E-state index in [4.69, 9.17) is 5.73 Å². The van der Waals surface area contributed by atoms with Crippen molar-refractivity contribution in [1.82, 2.24) is 5.32 Å². The summed E-state index contributed by atoms with van der Waals surface area (Å²) < 4.78 is 13.6. The fourth-order valence-electron chi connectivity index (χ4n) is 2.13. The van der Waals surface area contributed by atoms with Gasteiger partial charge in [0.05, 0.1) is 0 Å². The Labute approximate surface area is 124 Å². The largest absolute Gasteiger partial charge is 0.398 e. The zero-order valence-corrected chi connectivity index (χ0v) is 12.2. The van der Waals surface area contributed by atoms with E-state index in [1.54, 1.807) is 6.92 Å². The van der Waals surface area contributed by atoms with Crippen molar-refractivity contribution in [1.29, 1.82) is 0 Å². The summed E-state index contributed by atoms with van der Waals surface area (Å²) in [5.74, 6) is -0.770. The van der Waals surface area contributed by atoms with Crippen molar-refractivity contribution in [2.45, 2.75) is 20.3 Å². The standard InChI is InChI=1S/C17H19FN2O/c1-11-5-3-4-6-13(11)7-8-20-17(21)14-9-15(18)12(2)16(19)10-14/h3-6,9-10H,7-8,19H2,1-2H3,(H,20,21). The first-order valence-corrected chi connectivity index (χ1v) is 6.87. The Hall–Kier alpha value is -2.36. The van der Waals surface area contributed by atoms with Crippen LogP contribution in [0.3, 0.4) is 0 Å². The first kappa shape index (κ1) is 15.0. The predicted octanol–water partition coefficient (Wildman–Crippen LogP) is 3.00. The maximum absolute atomic E-state index is 13.6. The molecule has 2 rings (SSSR count). The fraction of sp³-hybridized carbons (Fsp3) is 0.235. The Bertz CT molecular complexity index is 645. The molecular formula is C17H19FN2O. The Morgan fingerprint density at radius 2 is 1.95 bits per heavy atom. The first-order valence-electron chi connectivity index (χ1n) is 6.87. The summed E-state index contributed by atoms with van der Waals surface area (Å²) in [5.41, 5.74) is 8.97. The molecule has 0 radical (unpaired) electrons. The molecule has 0 atom stereocenters. The highest BCUT2D eigenvalue weighted by molar-refractivity contribution is 5.95. The molecule has 0 unspecified atom stereocenters. The van der Waals surface area contributed by atoms with Gasteiger partial charge >= 0.3 is 0 Å². The summed E-state index contributed by atoms with van der Waals surface area (Å²) in [5, 5.41) is 2.79. The maximum atomic E-state index is 13.6. The van der Waals surface area contributed by atoms with Crippen LogP contribution in [0.2, 0.25) is 0 Å². The number of carbonyl (C=O) groups excluding carboxylic acids is 1. The van der Waals surface area contributed by atoms with Gasteiger partial charge in [0, 0.05) is 23.4 Å². The predicted molar refractivity (Wildman–Crippen MR) is 82.8 cm³/mol. The van der Waals surface area contributed by atoms with Crippen molar-refractivity contribution >= 4 is 11.6 Å². The number of hydrogen-bond acceptors (Lipinski definition) is 2. The number of anilines is 1. The molecule has 0 heterocycles. The number of amides is 1. The molecule has 0 fully saturated rings. The van der Waals surface area contributed by atoms with Crippen LogP contribution < -0.4 is 11.1 Å². The second-order valence-electron chi connectivity index (χ2n) is 5.10. The Morgan fingerprint density at radius 3 is 2.62 bits per heavy atom. The third-order valence-electron chi connectivity index (χ3n) is 3.59. The monoisotopic (exact) mass is 286 g/mol. The topological polar surface area (TPSA) is 55.1 Å². The molecule has 4 heteroatoms. The van der Waals surface area contributed by atoms with E-state index in [0.717, 1.165) is 6.42 Å². The van der Waals surface area contributed by atoms with Crippen molar-refractivity contribution in [2.75, 3.05) is 12.3 Å². The second-order valence-corrected chi connectivity index (χ2v) is 5.10. The third-order valence-corrected chi connectivity index (χ3v) is 3.59. The number of hydrogen-bond donors (Lipinski definition) is 2. The fourth-order valence-corrected chi connectivity index (χ4v) is 2.13. The zero-order chi connectivity index (χ0) is 15.4. The number of nitrogen functional groups attached to an aromatic ring is 1. The first-order chi connectivity index (χ1) is 9.99. The lowest BCUT2D eigenvalue weighted by Crippen LogP contribution is -2.26. The lowest BCUT2D eigenvalue weighted by molar-refractivity contribution is 0.0953. The van der Waals surface area contributed by atoms with E-state index in [0.29, 0.717) is 17.8 Å². The SMILES string of the molecule is Cc1ccccc1CCNC(=O)c1cc(N)c(C)c(F)c1. The molecule has 0 bridgehead atoms. The molecule has 0 aliphatic rings. The number of carbonyl (C=O) groups is 1. The number of aryl methyl sites for hydroxylation is 1. The average molecular weight is 286 g/mol. The summed E-state index contributed by atoms with van der Waals surface area (Å²) in [6.07, 6.45) is 0.738. The Kier molecular flexibility index (Phi) is 4.58. The molecule has 0 spiro atoms. The number of nitrogens with one attached hydrogen (secondary N) is 1. The van der Waals surface area contributed by atoms with Crippen molar-refractivity contribution < 1.29 is 9.18 Å². The van der Waals surface area contributed by atoms with Crippen LogP contribution >= 0.6 is 0 Å². The van der Waals surface area contributed by atoms with Crippen molar-refractivity contribution in [3.63, 3.8) is 0 Å². The molecule has 0 aromatic heterocycles. The number of rotatable bonds is 4. The highest BCUT2D eigenvalue weighted by Gasteiger charge is 2.10. The van der Waals surface area contributed by atoms with Crippen molar-refractivity contribution in [2.24, 2.45) is 0 Å². The van der Waals surface area contributed by atoms with Gasteiger partial charge in [-0.05, 0) is 43.5 Å². The van der Waals surface area contributed by atoms with Gasteiger partial charge in [0.1, 0.15) is 5.82 Å². The molecule has 21 heavy (non-hydrogen) atoms. The van der Waals surface area contributed by atoms with Gasteiger partial charge in [0.15, 0.2) is 0 Å². The van der Waals surface area contributed by atoms with E-state index in [1.165, 1.54) is 23.3 Å². The van der Waals surface area contributed by atoms with Crippen LogP contribution in [0.1, 0.15) is 27.0 Å². The highest BCUT2D eigenvalue weighted by Crippen LogP contribution is 2.17. The van der Waals surface area contributed by atoms with Gasteiger partial charge in [-0.3, -0.25) is 4.79 Å². The summed E-state index contributed by atoms with van der Waals surface area (Å²) >= 11 is 0. The van der Waals surface area contributed by atoms with Crippen LogP contribution in [-0.2, 0) is 6.42 Å². The second kappa shape index (κ2) is 6.39. The van der Waals surface area contributed by atoms with Crippen molar-refractivity contribution in [3.8, 4) is 0 Å². The van der Waals surface area contributed by atoms with Gasteiger partial charge in [-0.1, -0.05) is 24.3 Å². The van der Waals surface area contributed by atoms with Crippen LogP contribution in [0.15, 0.2) is 36.4 Å². The van der Waals surface area contributed by atoms with Crippen LogP contribution in [0.5, 0.6) is 0 Å². The van der Waals surface area contributed by atoms with Crippen molar-refractivity contribution in [3.05, 3.63) is 64.5 Å². The number of nitrogens with two attached hydrogens (primary N) is 1. The van der Waals surface area contributed by atoms with Crippen LogP contribution in [0.4, 0.5) is 10.1 Å². The van der Waals surface area contributed by atoms with Crippen LogP contribution in [0.25, 0.3) is 0 Å². The minimum Gasteiger partial charge on any atom is -0.398 e. The lowest BCUT2D eigenvalue weighted by Gasteiger charge is -2.09. The summed E-state index contributed by atoms with van der Waals surface area (Å²) in [6, 6.07) is 10.7. The lowest BCUT2D eigenvalue weighted by atomic mass is 10.1. The third kappa shape index (κ3) is 3.60. The van der Waals surface area contributed by atoms with E-state index in [9.17, 15) is 9.18 Å². The number of halogens is 1. The smallest absolute Gasteiger partial charge is 0.251 e. The van der Waals surface area contributed by atoms with Gasteiger partial charge in [0.2, 0.25) is 0 Å². The van der Waals surface area contributed by atoms with E-state index in [-0.39, 0.29) is 11.5 Å². The normalized spacial score (nSPS) is 10.4. The highest BCUT2D eigenvalue weighted by atomic mass is 19.1. The minimum atomic E-state index is -0.459. The van der Waals surface area contributed by atoms with Gasteiger partial charge in [-0.25, -0.2) is 4.39 Å². The minimum absolute atomic E-state index is 0.250. The summed E-state index contributed by atoms with van der Waals surface area (Å²) in [6.45, 7) is 4.12. The Morgan fingerprint density at radius 1 is 1.24 bits per heavy atom. The van der Waals surface area contributed by atoms with E-state index < -0.39 is 5.82 Å². The quantitative estimate of drug-likeness (QED) is 0.849. The summed E-state index contributed by atoms with van der Waals surface area (Å²) in [7, 11) is 0. The average Bonchev–Trinajstić information content (AvgIpc) is 2.46. The molecule has 0 aliphatic heterocycles. The molecule has 110 valence electrons. The molecular weight excluding hydrogens is 267 g/mol. The zero-order valence-electron chi connectivity index (χ0n) is 12.2. The maximum Gasteiger partial charge on any atom is 0.251 e. The molecule has 0 aliphatic carbocycles. The molecule has 0 saturated carbocycles. The molecule has 3 N–H and O–H groups in total. The van der Waals surface area contributed by atoms with Gasteiger partial charge in [-0.2, -0.15) is 0 Å².